The summed E-state index contributed by atoms with van der Waals surface area (Å²) in [5, 5.41) is 0. The zero-order valence-electron chi connectivity index (χ0n) is 37.5. The van der Waals surface area contributed by atoms with Crippen LogP contribution >= 0.6 is 12.4 Å². The van der Waals surface area contributed by atoms with Gasteiger partial charge in [0.15, 0.2) is 0 Å². The van der Waals surface area contributed by atoms with E-state index in [0.717, 1.165) is 51.6 Å². The minimum atomic E-state index is -0.0912. The molecule has 2 heterocycles. The van der Waals surface area contributed by atoms with E-state index in [4.69, 9.17) is 9.47 Å². The molecule has 334 valence electrons. The number of hydrogen-bond acceptors (Lipinski definition) is 7. The molecule has 2 rings (SSSR count). The van der Waals surface area contributed by atoms with Gasteiger partial charge in [0.1, 0.15) is 13.2 Å². The van der Waals surface area contributed by atoms with Gasteiger partial charge >= 0.3 is 11.9 Å². The number of piperidine rings is 1. The highest BCUT2D eigenvalue weighted by Gasteiger charge is 2.25. The molecular weight excluding hydrogens is 742 g/mol. The van der Waals surface area contributed by atoms with Crippen molar-refractivity contribution in [2.24, 2.45) is 0 Å². The summed E-state index contributed by atoms with van der Waals surface area (Å²) in [5.74, 6) is -0.182. The first-order valence-electron chi connectivity index (χ1n) is 24.1. The summed E-state index contributed by atoms with van der Waals surface area (Å²) in [6.45, 7) is 8.59. The first kappa shape index (κ1) is 53.6. The fourth-order valence-corrected chi connectivity index (χ4v) is 7.90. The minimum absolute atomic E-state index is 0. The lowest BCUT2D eigenvalue weighted by Crippen LogP contribution is -2.47. The fraction of sp³-hybridized carbons (Fsp3) is 0.780. The number of rotatable bonds is 38. The molecule has 0 radical (unpaired) electrons. The summed E-state index contributed by atoms with van der Waals surface area (Å²) < 4.78 is 11.4. The lowest BCUT2D eigenvalue weighted by atomic mass is 10.0. The standard InChI is InChI=1S/C50H87N3O4.ClH/c1-3-5-7-9-11-13-15-17-19-21-23-25-27-29-31-33-49(54)56-45-43-53(48-37-41-52(42-38-48)47-35-39-51-40-36-47)44-46-57-50(55)34-32-30-28-26-24-22-20-18-16-14-12-10-8-6-4-2;/h17-20,35-36,39-40,48H,3-16,21-34,37-38,41-46H2,1-2H3;1H/b19-17-,20-18-;. The first-order valence-corrected chi connectivity index (χ1v) is 24.1. The summed E-state index contributed by atoms with van der Waals surface area (Å²) in [4.78, 5) is 34.1. The normalized spacial score (nSPS) is 13.5. The SMILES string of the molecule is CCCCCCCC/C=C\CCCCCCCC(=O)OCCN(CCOC(=O)CCCCCCC/C=C\CCCCCCCC)C1CCN(c2ccncc2)CC1.Cl. The number of nitrogens with zero attached hydrogens (tertiary/aromatic N) is 3. The Morgan fingerprint density at radius 1 is 0.586 bits per heavy atom. The smallest absolute Gasteiger partial charge is 0.305 e. The predicted octanol–water partition coefficient (Wildman–Crippen LogP) is 13.9. The molecule has 1 fully saturated rings. The molecule has 1 saturated heterocycles. The molecule has 7 nitrogen and oxygen atoms in total. The van der Waals surface area contributed by atoms with Crippen LogP contribution < -0.4 is 4.90 Å². The van der Waals surface area contributed by atoms with E-state index in [0.29, 0.717) is 45.2 Å². The summed E-state index contributed by atoms with van der Waals surface area (Å²) in [6, 6.07) is 4.52. The molecule has 0 aliphatic carbocycles. The summed E-state index contributed by atoms with van der Waals surface area (Å²) in [6.07, 6.45) is 48.6. The van der Waals surface area contributed by atoms with Crippen molar-refractivity contribution in [1.82, 2.24) is 9.88 Å². The van der Waals surface area contributed by atoms with Crippen molar-refractivity contribution in [3.8, 4) is 0 Å². The van der Waals surface area contributed by atoms with Crippen LogP contribution in [0.3, 0.4) is 0 Å². The molecule has 1 aliphatic heterocycles. The van der Waals surface area contributed by atoms with Gasteiger partial charge in [0, 0.05) is 63.1 Å². The molecule has 0 bridgehead atoms. The Morgan fingerprint density at radius 2 is 0.948 bits per heavy atom. The van der Waals surface area contributed by atoms with Crippen molar-refractivity contribution in [2.45, 2.75) is 213 Å². The van der Waals surface area contributed by atoms with Gasteiger partial charge in [-0.05, 0) is 89.2 Å². The Kier molecular flexibility index (Phi) is 37.0. The second kappa shape index (κ2) is 40.0. The highest BCUT2D eigenvalue weighted by molar-refractivity contribution is 5.85. The lowest BCUT2D eigenvalue weighted by Gasteiger charge is -2.39. The van der Waals surface area contributed by atoms with Gasteiger partial charge in [-0.25, -0.2) is 0 Å². The van der Waals surface area contributed by atoms with Gasteiger partial charge in [-0.15, -0.1) is 12.4 Å². The molecular formula is C50H88ClN3O4. The summed E-state index contributed by atoms with van der Waals surface area (Å²) in [5.41, 5.74) is 1.21. The number of carbonyl (C=O) groups is 2. The van der Waals surface area contributed by atoms with Crippen LogP contribution in [0.25, 0.3) is 0 Å². The van der Waals surface area contributed by atoms with Crippen LogP contribution in [0.15, 0.2) is 48.8 Å². The Balaban J connectivity index is 0.0000168. The Labute approximate surface area is 363 Å². The number of aromatic nitrogens is 1. The Bertz CT molecular complexity index is 1070. The van der Waals surface area contributed by atoms with Crippen molar-refractivity contribution >= 4 is 30.0 Å². The van der Waals surface area contributed by atoms with E-state index in [2.05, 4.69) is 65.1 Å². The third kappa shape index (κ3) is 30.6. The first-order chi connectivity index (χ1) is 28.1. The monoisotopic (exact) mass is 830 g/mol. The van der Waals surface area contributed by atoms with Gasteiger partial charge in [0.2, 0.25) is 0 Å². The van der Waals surface area contributed by atoms with Gasteiger partial charge < -0.3 is 14.4 Å². The highest BCUT2D eigenvalue weighted by atomic mass is 35.5. The summed E-state index contributed by atoms with van der Waals surface area (Å²) >= 11 is 0. The molecule has 0 saturated carbocycles. The number of hydrogen-bond donors (Lipinski definition) is 0. The third-order valence-electron chi connectivity index (χ3n) is 11.6. The van der Waals surface area contributed by atoms with Crippen LogP contribution in [-0.2, 0) is 19.1 Å². The number of esters is 2. The maximum atomic E-state index is 12.6. The second-order valence-electron chi connectivity index (χ2n) is 16.6. The largest absolute Gasteiger partial charge is 0.464 e. The third-order valence-corrected chi connectivity index (χ3v) is 11.6. The van der Waals surface area contributed by atoms with Crippen LogP contribution in [0.4, 0.5) is 5.69 Å². The van der Waals surface area contributed by atoms with E-state index in [9.17, 15) is 9.59 Å². The number of unbranched alkanes of at least 4 members (excludes halogenated alkanes) is 22. The number of anilines is 1. The Morgan fingerprint density at radius 3 is 1.34 bits per heavy atom. The van der Waals surface area contributed by atoms with Gasteiger partial charge in [-0.3, -0.25) is 19.5 Å². The molecule has 0 atom stereocenters. The lowest BCUT2D eigenvalue weighted by molar-refractivity contribution is -0.145. The molecule has 0 spiro atoms. The van der Waals surface area contributed by atoms with E-state index < -0.39 is 0 Å². The van der Waals surface area contributed by atoms with Crippen LogP contribution in [0, 0.1) is 0 Å². The van der Waals surface area contributed by atoms with E-state index in [1.165, 1.54) is 147 Å². The molecule has 1 aliphatic rings. The molecule has 8 heteroatoms. The topological polar surface area (TPSA) is 72.0 Å². The van der Waals surface area contributed by atoms with Crippen LogP contribution in [0.1, 0.15) is 206 Å². The zero-order valence-corrected chi connectivity index (χ0v) is 38.4. The van der Waals surface area contributed by atoms with E-state index >= 15 is 0 Å². The fourth-order valence-electron chi connectivity index (χ4n) is 7.90. The number of allylic oxidation sites excluding steroid dienone is 4. The quantitative estimate of drug-likeness (QED) is 0.0373. The van der Waals surface area contributed by atoms with E-state index in [-0.39, 0.29) is 24.3 Å². The minimum Gasteiger partial charge on any atom is -0.464 e. The van der Waals surface area contributed by atoms with Crippen LogP contribution in [-0.4, -0.2) is 67.3 Å². The predicted molar refractivity (Wildman–Crippen MR) is 249 cm³/mol. The molecule has 0 unspecified atom stereocenters. The maximum absolute atomic E-state index is 12.6. The molecule has 58 heavy (non-hydrogen) atoms. The van der Waals surface area contributed by atoms with Gasteiger partial charge in [0.25, 0.3) is 0 Å². The van der Waals surface area contributed by atoms with Crippen LogP contribution in [0.5, 0.6) is 0 Å². The number of carbonyl (C=O) groups excluding carboxylic acids is 2. The van der Waals surface area contributed by atoms with Gasteiger partial charge in [0.05, 0.1) is 0 Å². The zero-order chi connectivity index (χ0) is 40.7. The van der Waals surface area contributed by atoms with E-state index in [1.54, 1.807) is 0 Å². The number of pyridine rings is 1. The second-order valence-corrected chi connectivity index (χ2v) is 16.6. The van der Waals surface area contributed by atoms with Crippen molar-refractivity contribution in [3.05, 3.63) is 48.8 Å². The average Bonchev–Trinajstić information content (AvgIpc) is 3.23. The van der Waals surface area contributed by atoms with Crippen molar-refractivity contribution < 1.29 is 19.1 Å². The summed E-state index contributed by atoms with van der Waals surface area (Å²) in [7, 11) is 0. The molecule has 0 aromatic carbocycles. The molecule has 0 amide bonds. The number of halogens is 1. The number of ether oxygens (including phenoxy) is 2. The van der Waals surface area contributed by atoms with E-state index in [1.807, 2.05) is 12.4 Å². The molecule has 1 aromatic rings. The van der Waals surface area contributed by atoms with Crippen molar-refractivity contribution in [3.63, 3.8) is 0 Å². The highest BCUT2D eigenvalue weighted by Crippen LogP contribution is 2.22. The van der Waals surface area contributed by atoms with Gasteiger partial charge in [-0.1, -0.05) is 141 Å². The molecule has 0 N–H and O–H groups in total. The molecule has 1 aromatic heterocycles. The van der Waals surface area contributed by atoms with Crippen molar-refractivity contribution in [2.75, 3.05) is 44.3 Å². The Hall–Kier alpha value is -2.38. The maximum Gasteiger partial charge on any atom is 0.305 e. The van der Waals surface area contributed by atoms with Gasteiger partial charge in [-0.2, -0.15) is 0 Å². The van der Waals surface area contributed by atoms with Crippen LogP contribution in [0.2, 0.25) is 0 Å². The average molecular weight is 831 g/mol. The van der Waals surface area contributed by atoms with Crippen molar-refractivity contribution in [1.29, 1.82) is 0 Å².